The van der Waals surface area contributed by atoms with Crippen molar-refractivity contribution in [1.82, 2.24) is 25.7 Å². The number of hydrogen-bond donors (Lipinski definition) is 2. The number of nitrogens with one attached hydrogen (secondary N) is 2. The zero-order chi connectivity index (χ0) is 19.1. The Bertz CT molecular complexity index is 758. The highest BCUT2D eigenvalue weighted by molar-refractivity contribution is 5.76. The molecular formula is C19H26FN5O2. The number of piperazine rings is 1. The molecule has 0 saturated carbocycles. The van der Waals surface area contributed by atoms with Gasteiger partial charge in [-0.3, -0.25) is 4.79 Å². The van der Waals surface area contributed by atoms with Crippen LogP contribution in [0.25, 0.3) is 11.4 Å². The average molecular weight is 375 g/mol. The molecule has 0 unspecified atom stereocenters. The zero-order valence-electron chi connectivity index (χ0n) is 15.6. The predicted octanol–water partition coefficient (Wildman–Crippen LogP) is 1.53. The van der Waals surface area contributed by atoms with Crippen LogP contribution in [0.4, 0.5) is 4.39 Å². The van der Waals surface area contributed by atoms with Crippen LogP contribution >= 0.6 is 0 Å². The Morgan fingerprint density at radius 3 is 2.96 bits per heavy atom. The Labute approximate surface area is 158 Å². The van der Waals surface area contributed by atoms with Crippen molar-refractivity contribution in [3.63, 3.8) is 0 Å². The molecule has 2 heterocycles. The van der Waals surface area contributed by atoms with Crippen LogP contribution in [0.3, 0.4) is 0 Å². The van der Waals surface area contributed by atoms with Gasteiger partial charge in [0.25, 0.3) is 0 Å². The molecule has 1 saturated heterocycles. The number of amides is 1. The third kappa shape index (κ3) is 5.83. The third-order valence-electron chi connectivity index (χ3n) is 4.63. The van der Waals surface area contributed by atoms with Gasteiger partial charge in [-0.25, -0.2) is 4.39 Å². The van der Waals surface area contributed by atoms with Crippen LogP contribution in [0.5, 0.6) is 0 Å². The van der Waals surface area contributed by atoms with Gasteiger partial charge in [-0.05, 0) is 43.7 Å². The lowest BCUT2D eigenvalue weighted by atomic mass is 10.1. The standard InChI is InChI=1S/C19H26FN5O2/c1-14-13-15(3-4-16(14)20)19-23-18(27-24-19)6-5-17(26)22-7-2-10-25-11-8-21-9-12-25/h3-4,13,21H,2,5-12H2,1H3,(H,22,26). The Morgan fingerprint density at radius 2 is 2.19 bits per heavy atom. The van der Waals surface area contributed by atoms with Crippen molar-refractivity contribution < 1.29 is 13.7 Å². The monoisotopic (exact) mass is 375 g/mol. The van der Waals surface area contributed by atoms with Crippen LogP contribution in [0, 0.1) is 12.7 Å². The molecule has 27 heavy (non-hydrogen) atoms. The molecule has 1 fully saturated rings. The number of hydrogen-bond acceptors (Lipinski definition) is 6. The molecule has 0 bridgehead atoms. The van der Waals surface area contributed by atoms with Crippen molar-refractivity contribution in [2.45, 2.75) is 26.2 Å². The van der Waals surface area contributed by atoms with Gasteiger partial charge in [-0.15, -0.1) is 0 Å². The summed E-state index contributed by atoms with van der Waals surface area (Å²) in [7, 11) is 0. The molecular weight excluding hydrogens is 349 g/mol. The molecule has 0 atom stereocenters. The Hall–Kier alpha value is -2.32. The van der Waals surface area contributed by atoms with Crippen LogP contribution in [0.15, 0.2) is 22.7 Å². The normalized spacial score (nSPS) is 15.0. The Balaban J connectivity index is 1.37. The van der Waals surface area contributed by atoms with Crippen molar-refractivity contribution >= 4 is 5.91 Å². The van der Waals surface area contributed by atoms with Crippen molar-refractivity contribution in [2.75, 3.05) is 39.3 Å². The summed E-state index contributed by atoms with van der Waals surface area (Å²) in [5.41, 5.74) is 1.22. The average Bonchev–Trinajstić information content (AvgIpc) is 3.16. The fourth-order valence-electron chi connectivity index (χ4n) is 3.03. The first-order valence-electron chi connectivity index (χ1n) is 9.41. The molecule has 0 aliphatic carbocycles. The number of benzene rings is 1. The summed E-state index contributed by atoms with van der Waals surface area (Å²) in [6.07, 6.45) is 1.63. The number of carbonyl (C=O) groups is 1. The zero-order valence-corrected chi connectivity index (χ0v) is 15.6. The largest absolute Gasteiger partial charge is 0.356 e. The molecule has 1 aliphatic rings. The van der Waals surface area contributed by atoms with E-state index in [0.717, 1.165) is 39.1 Å². The Kier molecular flexibility index (Phi) is 6.89. The molecule has 7 nitrogen and oxygen atoms in total. The lowest BCUT2D eigenvalue weighted by Crippen LogP contribution is -2.44. The molecule has 3 rings (SSSR count). The highest BCUT2D eigenvalue weighted by atomic mass is 19.1. The highest BCUT2D eigenvalue weighted by Crippen LogP contribution is 2.19. The van der Waals surface area contributed by atoms with Crippen molar-refractivity contribution in [2.24, 2.45) is 0 Å². The number of rotatable bonds is 8. The fourth-order valence-corrected chi connectivity index (χ4v) is 3.03. The summed E-state index contributed by atoms with van der Waals surface area (Å²) in [6, 6.07) is 4.67. The van der Waals surface area contributed by atoms with Gasteiger partial charge in [-0.1, -0.05) is 5.16 Å². The summed E-state index contributed by atoms with van der Waals surface area (Å²) in [6.45, 7) is 7.58. The quantitative estimate of drug-likeness (QED) is 0.681. The first kappa shape index (κ1) is 19.4. The van der Waals surface area contributed by atoms with Crippen LogP contribution in [-0.2, 0) is 11.2 Å². The smallest absolute Gasteiger partial charge is 0.227 e. The van der Waals surface area contributed by atoms with Gasteiger partial charge < -0.3 is 20.1 Å². The van der Waals surface area contributed by atoms with E-state index in [-0.39, 0.29) is 11.7 Å². The maximum Gasteiger partial charge on any atom is 0.227 e. The molecule has 1 aliphatic heterocycles. The van der Waals surface area contributed by atoms with E-state index in [1.165, 1.54) is 6.07 Å². The number of aromatic nitrogens is 2. The third-order valence-corrected chi connectivity index (χ3v) is 4.63. The molecule has 8 heteroatoms. The highest BCUT2D eigenvalue weighted by Gasteiger charge is 2.12. The Morgan fingerprint density at radius 1 is 1.37 bits per heavy atom. The molecule has 1 aromatic carbocycles. The number of aryl methyl sites for hydroxylation is 2. The van der Waals surface area contributed by atoms with Gasteiger partial charge in [0.1, 0.15) is 5.82 Å². The van der Waals surface area contributed by atoms with Crippen LogP contribution in [-0.4, -0.2) is 60.2 Å². The first-order chi connectivity index (χ1) is 13.1. The summed E-state index contributed by atoms with van der Waals surface area (Å²) in [4.78, 5) is 18.7. The van der Waals surface area contributed by atoms with E-state index in [4.69, 9.17) is 4.52 Å². The second kappa shape index (κ2) is 9.57. The van der Waals surface area contributed by atoms with Gasteiger partial charge >= 0.3 is 0 Å². The molecule has 1 amide bonds. The number of nitrogens with zero attached hydrogens (tertiary/aromatic N) is 3. The van der Waals surface area contributed by atoms with Crippen LogP contribution in [0.1, 0.15) is 24.3 Å². The van der Waals surface area contributed by atoms with Gasteiger partial charge in [0, 0.05) is 51.1 Å². The van der Waals surface area contributed by atoms with Gasteiger partial charge in [0.15, 0.2) is 0 Å². The molecule has 0 spiro atoms. The molecule has 2 N–H and O–H groups in total. The van der Waals surface area contributed by atoms with E-state index < -0.39 is 0 Å². The second-order valence-corrected chi connectivity index (χ2v) is 6.77. The minimum atomic E-state index is -0.268. The summed E-state index contributed by atoms with van der Waals surface area (Å²) in [5.74, 6) is 0.524. The van der Waals surface area contributed by atoms with E-state index in [1.807, 2.05) is 0 Å². The molecule has 2 aromatic rings. The van der Waals surface area contributed by atoms with Gasteiger partial charge in [-0.2, -0.15) is 4.98 Å². The summed E-state index contributed by atoms with van der Waals surface area (Å²) < 4.78 is 18.5. The van der Waals surface area contributed by atoms with E-state index in [1.54, 1.807) is 19.1 Å². The maximum absolute atomic E-state index is 13.3. The predicted molar refractivity (Wildman–Crippen MR) is 99.7 cm³/mol. The van der Waals surface area contributed by atoms with Crippen molar-refractivity contribution in [3.05, 3.63) is 35.5 Å². The minimum absolute atomic E-state index is 0.0207. The van der Waals surface area contributed by atoms with Crippen LogP contribution < -0.4 is 10.6 Å². The van der Waals surface area contributed by atoms with E-state index >= 15 is 0 Å². The van der Waals surface area contributed by atoms with E-state index in [0.29, 0.717) is 42.2 Å². The van der Waals surface area contributed by atoms with Crippen molar-refractivity contribution in [3.8, 4) is 11.4 Å². The number of carbonyl (C=O) groups excluding carboxylic acids is 1. The minimum Gasteiger partial charge on any atom is -0.356 e. The topological polar surface area (TPSA) is 83.3 Å². The molecule has 0 radical (unpaired) electrons. The van der Waals surface area contributed by atoms with Crippen LogP contribution in [0.2, 0.25) is 0 Å². The SMILES string of the molecule is Cc1cc(-c2noc(CCC(=O)NCCCN3CCNCC3)n2)ccc1F. The van der Waals surface area contributed by atoms with Gasteiger partial charge in [0.2, 0.25) is 17.6 Å². The molecule has 1 aromatic heterocycles. The van der Waals surface area contributed by atoms with Gasteiger partial charge in [0.05, 0.1) is 0 Å². The lowest BCUT2D eigenvalue weighted by molar-refractivity contribution is -0.121. The summed E-state index contributed by atoms with van der Waals surface area (Å²) >= 11 is 0. The fraction of sp³-hybridized carbons (Fsp3) is 0.526. The lowest BCUT2D eigenvalue weighted by Gasteiger charge is -2.27. The van der Waals surface area contributed by atoms with E-state index in [9.17, 15) is 9.18 Å². The molecule has 146 valence electrons. The summed E-state index contributed by atoms with van der Waals surface area (Å²) in [5, 5.41) is 10.2. The maximum atomic E-state index is 13.3. The first-order valence-corrected chi connectivity index (χ1v) is 9.41. The second-order valence-electron chi connectivity index (χ2n) is 6.77. The van der Waals surface area contributed by atoms with Crippen molar-refractivity contribution in [1.29, 1.82) is 0 Å². The van der Waals surface area contributed by atoms with E-state index in [2.05, 4.69) is 25.7 Å². The number of halogens is 1.